The first-order valence-corrected chi connectivity index (χ1v) is 15.2. The number of nitrogens with zero attached hydrogens (tertiary/aromatic N) is 2. The highest BCUT2D eigenvalue weighted by Crippen LogP contribution is 2.13. The van der Waals surface area contributed by atoms with Crippen LogP contribution in [0.1, 0.15) is 77.7 Å². The Balaban J connectivity index is 2.06. The van der Waals surface area contributed by atoms with Crippen LogP contribution in [-0.4, -0.2) is 54.5 Å². The molecule has 1 heterocycles. The predicted molar refractivity (Wildman–Crippen MR) is 174 cm³/mol. The van der Waals surface area contributed by atoms with E-state index in [1.54, 1.807) is 12.3 Å². The Morgan fingerprint density at radius 1 is 0.953 bits per heavy atom. The number of aromatic nitrogens is 2. The molecule has 0 fully saturated rings. The van der Waals surface area contributed by atoms with Gasteiger partial charge in [-0.25, -0.2) is 9.59 Å². The lowest BCUT2D eigenvalue weighted by Gasteiger charge is -2.21. The lowest BCUT2D eigenvalue weighted by molar-refractivity contribution is -0.121. The topological polar surface area (TPSA) is 138 Å². The molecule has 1 aromatic heterocycles. The van der Waals surface area contributed by atoms with Crippen LogP contribution in [0, 0.1) is 0 Å². The number of unbranched alkanes of at least 4 members (excludes halogenated alkanes) is 1. The molecule has 0 aliphatic rings. The Hall–Kier alpha value is -3.92. The van der Waals surface area contributed by atoms with Crippen molar-refractivity contribution in [3.05, 3.63) is 83.5 Å². The maximum absolute atomic E-state index is 12.0. The molecule has 238 valence electrons. The molecule has 10 nitrogen and oxygen atoms in total. The molecule has 0 radical (unpaired) electrons. The molecule has 0 saturated heterocycles. The van der Waals surface area contributed by atoms with Crippen molar-refractivity contribution < 1.29 is 19.1 Å². The second kappa shape index (κ2) is 24.7. The van der Waals surface area contributed by atoms with Gasteiger partial charge in [-0.05, 0) is 64.4 Å². The van der Waals surface area contributed by atoms with E-state index in [0.29, 0.717) is 19.4 Å². The molecule has 0 aliphatic carbocycles. The van der Waals surface area contributed by atoms with Gasteiger partial charge in [-0.3, -0.25) is 9.36 Å². The third kappa shape index (κ3) is 19.8. The van der Waals surface area contributed by atoms with Gasteiger partial charge in [0.2, 0.25) is 5.91 Å². The molecule has 0 saturated carbocycles. The van der Waals surface area contributed by atoms with Gasteiger partial charge in [-0.1, -0.05) is 67.7 Å². The molecule has 10 heteroatoms. The van der Waals surface area contributed by atoms with Crippen LogP contribution in [0.2, 0.25) is 0 Å². The summed E-state index contributed by atoms with van der Waals surface area (Å²) < 4.78 is 12.1. The van der Waals surface area contributed by atoms with E-state index < -0.39 is 17.9 Å². The molecule has 0 aliphatic heterocycles. The van der Waals surface area contributed by atoms with Gasteiger partial charge < -0.3 is 25.8 Å². The van der Waals surface area contributed by atoms with E-state index in [9.17, 15) is 14.4 Å². The summed E-state index contributed by atoms with van der Waals surface area (Å²) >= 11 is 0. The Kier molecular flexibility index (Phi) is 21.3. The van der Waals surface area contributed by atoms with E-state index >= 15 is 0 Å². The van der Waals surface area contributed by atoms with Gasteiger partial charge in [0, 0.05) is 38.9 Å². The summed E-state index contributed by atoms with van der Waals surface area (Å²) in [6.07, 6.45) is 29.5. The van der Waals surface area contributed by atoms with Gasteiger partial charge in [0.1, 0.15) is 12.4 Å². The zero-order valence-corrected chi connectivity index (χ0v) is 26.1. The minimum absolute atomic E-state index is 0.0198. The molecular formula is C33H51N5O5. The van der Waals surface area contributed by atoms with Crippen molar-refractivity contribution in [3.8, 4) is 0 Å². The van der Waals surface area contributed by atoms with E-state index in [-0.39, 0.29) is 30.9 Å². The Bertz CT molecular complexity index is 1120. The van der Waals surface area contributed by atoms with Crippen LogP contribution < -0.4 is 22.1 Å². The lowest BCUT2D eigenvalue weighted by atomic mass is 10.1. The van der Waals surface area contributed by atoms with Crippen molar-refractivity contribution in [3.63, 3.8) is 0 Å². The fraction of sp³-hybridized carbons (Fsp3) is 0.515. The molecule has 43 heavy (non-hydrogen) atoms. The van der Waals surface area contributed by atoms with Crippen molar-refractivity contribution in [2.24, 2.45) is 0 Å². The minimum Gasteiger partial charge on any atom is -0.447 e. The maximum atomic E-state index is 12.0. The van der Waals surface area contributed by atoms with Gasteiger partial charge in [0.15, 0.2) is 0 Å². The van der Waals surface area contributed by atoms with Crippen molar-refractivity contribution in [1.29, 1.82) is 0 Å². The summed E-state index contributed by atoms with van der Waals surface area (Å²) in [5, 5.41) is 5.40. The number of methoxy groups -OCH3 is 1. The van der Waals surface area contributed by atoms with Crippen LogP contribution in [0.4, 0.5) is 10.6 Å². The van der Waals surface area contributed by atoms with Gasteiger partial charge in [0.05, 0.1) is 6.10 Å². The Morgan fingerprint density at radius 3 is 2.12 bits per heavy atom. The number of carbonyl (C=O) groups is 2. The molecule has 4 N–H and O–H groups in total. The minimum atomic E-state index is -0.603. The molecule has 0 spiro atoms. The van der Waals surface area contributed by atoms with E-state index in [1.807, 2.05) is 6.92 Å². The second-order valence-corrected chi connectivity index (χ2v) is 9.96. The molecule has 0 bridgehead atoms. The van der Waals surface area contributed by atoms with Crippen LogP contribution in [-0.2, 0) is 14.3 Å². The number of hydrogen-bond donors (Lipinski definition) is 3. The number of nitrogens with two attached hydrogens (primary N) is 1. The summed E-state index contributed by atoms with van der Waals surface area (Å²) in [6, 6.07) is 1.32. The second-order valence-electron chi connectivity index (χ2n) is 9.96. The first-order chi connectivity index (χ1) is 20.9. The zero-order valence-electron chi connectivity index (χ0n) is 26.1. The van der Waals surface area contributed by atoms with Crippen LogP contribution in [0.3, 0.4) is 0 Å². The number of carbonyl (C=O) groups excluding carboxylic acids is 2. The highest BCUT2D eigenvalue weighted by Gasteiger charge is 2.17. The molecule has 1 aromatic rings. The van der Waals surface area contributed by atoms with Crippen molar-refractivity contribution in [1.82, 2.24) is 20.2 Å². The number of allylic oxidation sites excluding steroid dienone is 10. The van der Waals surface area contributed by atoms with E-state index in [1.165, 1.54) is 11.7 Å². The summed E-state index contributed by atoms with van der Waals surface area (Å²) in [7, 11) is 1.51. The maximum Gasteiger partial charge on any atom is 0.407 e. The molecule has 2 unspecified atom stereocenters. The highest BCUT2D eigenvalue weighted by atomic mass is 16.6. The quantitative estimate of drug-likeness (QED) is 0.118. The molecular weight excluding hydrogens is 546 g/mol. The third-order valence-electron chi connectivity index (χ3n) is 6.31. The van der Waals surface area contributed by atoms with E-state index in [2.05, 4.69) is 83.3 Å². The number of hydrogen-bond acceptors (Lipinski definition) is 7. The normalized spacial score (nSPS) is 13.5. The molecule has 0 aromatic carbocycles. The Morgan fingerprint density at radius 2 is 1.53 bits per heavy atom. The smallest absolute Gasteiger partial charge is 0.407 e. The largest absolute Gasteiger partial charge is 0.447 e. The average Bonchev–Trinajstić information content (AvgIpc) is 2.98. The predicted octanol–water partition coefficient (Wildman–Crippen LogP) is 5.56. The van der Waals surface area contributed by atoms with Gasteiger partial charge in [-0.2, -0.15) is 4.98 Å². The van der Waals surface area contributed by atoms with Gasteiger partial charge >= 0.3 is 11.8 Å². The number of amides is 2. The number of nitrogen functional groups attached to an aromatic ring is 1. The first-order valence-electron chi connectivity index (χ1n) is 15.2. The fourth-order valence-corrected chi connectivity index (χ4v) is 3.91. The van der Waals surface area contributed by atoms with Crippen LogP contribution in [0.15, 0.2) is 77.8 Å². The fourth-order valence-electron chi connectivity index (χ4n) is 3.91. The molecule has 1 rings (SSSR count). The SMILES string of the molecule is CC/C=C\C/C=C\C/C=C\C/C=C\C/C=C\CCCC(=O)NCCNC(=O)OCC(CC(C)n1ccc(N)nc1=O)OC. The summed E-state index contributed by atoms with van der Waals surface area (Å²) in [5.74, 6) is 0.109. The zero-order chi connectivity index (χ0) is 31.5. The monoisotopic (exact) mass is 597 g/mol. The summed E-state index contributed by atoms with van der Waals surface area (Å²) in [5.41, 5.74) is 5.08. The summed E-state index contributed by atoms with van der Waals surface area (Å²) in [4.78, 5) is 39.7. The first kappa shape index (κ1) is 37.1. The van der Waals surface area contributed by atoms with E-state index in [4.69, 9.17) is 15.2 Å². The lowest BCUT2D eigenvalue weighted by Crippen LogP contribution is -2.36. The van der Waals surface area contributed by atoms with Gasteiger partial charge in [-0.15, -0.1) is 0 Å². The number of anilines is 1. The van der Waals surface area contributed by atoms with Crippen LogP contribution >= 0.6 is 0 Å². The highest BCUT2D eigenvalue weighted by molar-refractivity contribution is 5.75. The summed E-state index contributed by atoms with van der Waals surface area (Å²) in [6.45, 7) is 4.57. The van der Waals surface area contributed by atoms with Gasteiger partial charge in [0.25, 0.3) is 0 Å². The number of ether oxygens (including phenoxy) is 2. The number of rotatable bonds is 22. The third-order valence-corrected chi connectivity index (χ3v) is 6.31. The standard InChI is InChI=1S/C33H51N5O5/c1-4-5-6-7-8-9-10-11-12-13-14-15-16-17-18-19-20-21-31(39)35-23-24-36-33(41)43-27-29(42-3)26-28(2)38-25-22-30(34)37-32(38)40/h5-6,8-9,11-12,14-15,17-18,22,25,28-29H,4,7,10,13,16,19-21,23-24,26-27H2,1-3H3,(H,35,39)(H,36,41)(H2,34,37,40)/b6-5-,9-8-,12-11-,15-14-,18-17-. The average molecular weight is 598 g/mol. The Labute approximate surface area is 256 Å². The number of nitrogens with one attached hydrogen (secondary N) is 2. The van der Waals surface area contributed by atoms with Crippen molar-refractivity contribution in [2.75, 3.05) is 32.5 Å². The number of alkyl carbamates (subject to hydrolysis) is 1. The van der Waals surface area contributed by atoms with Crippen LogP contribution in [0.5, 0.6) is 0 Å². The van der Waals surface area contributed by atoms with E-state index in [0.717, 1.165) is 44.9 Å². The van der Waals surface area contributed by atoms with Crippen LogP contribution in [0.25, 0.3) is 0 Å². The molecule has 2 atom stereocenters. The molecule has 2 amide bonds. The van der Waals surface area contributed by atoms with Crippen molar-refractivity contribution in [2.45, 2.75) is 83.8 Å². The van der Waals surface area contributed by atoms with Crippen molar-refractivity contribution >= 4 is 17.8 Å².